The third kappa shape index (κ3) is 3.58. The Balaban J connectivity index is 2.05. The van der Waals surface area contributed by atoms with Crippen molar-refractivity contribution in [1.82, 2.24) is 5.32 Å². The lowest BCUT2D eigenvalue weighted by molar-refractivity contribution is 0.401. The fourth-order valence-electron chi connectivity index (χ4n) is 2.04. The van der Waals surface area contributed by atoms with Crippen LogP contribution in [0.15, 0.2) is 53.0 Å². The number of hydrogen-bond donors (Lipinski definition) is 1. The van der Waals surface area contributed by atoms with Gasteiger partial charge in [-0.2, -0.15) is 0 Å². The van der Waals surface area contributed by atoms with E-state index in [-0.39, 0.29) is 6.04 Å². The van der Waals surface area contributed by atoms with Gasteiger partial charge < -0.3 is 10.1 Å². The van der Waals surface area contributed by atoms with Crippen LogP contribution in [-0.4, -0.2) is 7.11 Å². The van der Waals surface area contributed by atoms with Gasteiger partial charge in [0.25, 0.3) is 0 Å². The van der Waals surface area contributed by atoms with Crippen molar-refractivity contribution in [2.24, 2.45) is 0 Å². The smallest absolute Gasteiger partial charge is 0.123 e. The summed E-state index contributed by atoms with van der Waals surface area (Å²) in [6.45, 7) is 2.97. The minimum absolute atomic E-state index is 0.239. The average Bonchev–Trinajstić information content (AvgIpc) is 2.46. The number of hydrogen-bond acceptors (Lipinski definition) is 2. The highest BCUT2D eigenvalue weighted by atomic mass is 79.9. The van der Waals surface area contributed by atoms with E-state index in [1.807, 2.05) is 24.3 Å². The van der Waals surface area contributed by atoms with Crippen LogP contribution in [0.2, 0.25) is 0 Å². The van der Waals surface area contributed by atoms with Gasteiger partial charge in [-0.25, -0.2) is 0 Å². The van der Waals surface area contributed by atoms with Crippen LogP contribution in [0.5, 0.6) is 5.75 Å². The van der Waals surface area contributed by atoms with Gasteiger partial charge in [-0.1, -0.05) is 52.3 Å². The molecule has 0 heterocycles. The van der Waals surface area contributed by atoms with Gasteiger partial charge in [0, 0.05) is 22.6 Å². The Hall–Kier alpha value is -1.32. The molecular formula is C16H18BrNO. The number of nitrogens with one attached hydrogen (secondary N) is 1. The van der Waals surface area contributed by atoms with Gasteiger partial charge in [-0.15, -0.1) is 0 Å². The Morgan fingerprint density at radius 2 is 1.79 bits per heavy atom. The molecule has 100 valence electrons. The molecule has 0 radical (unpaired) electrons. The maximum Gasteiger partial charge on any atom is 0.123 e. The van der Waals surface area contributed by atoms with Gasteiger partial charge in [0.2, 0.25) is 0 Å². The summed E-state index contributed by atoms with van der Waals surface area (Å²) in [6.07, 6.45) is 0. The molecule has 2 nitrogen and oxygen atoms in total. The largest absolute Gasteiger partial charge is 0.496 e. The summed E-state index contributed by atoms with van der Waals surface area (Å²) in [6, 6.07) is 16.6. The summed E-state index contributed by atoms with van der Waals surface area (Å²) >= 11 is 3.57. The summed E-state index contributed by atoms with van der Waals surface area (Å²) in [7, 11) is 1.71. The highest BCUT2D eigenvalue weighted by Gasteiger charge is 2.10. The van der Waals surface area contributed by atoms with E-state index in [2.05, 4.69) is 52.4 Å². The number of halogens is 1. The summed E-state index contributed by atoms with van der Waals surface area (Å²) in [4.78, 5) is 0. The predicted molar refractivity (Wildman–Crippen MR) is 82.4 cm³/mol. The zero-order chi connectivity index (χ0) is 13.7. The number of methoxy groups -OCH3 is 1. The third-order valence-electron chi connectivity index (χ3n) is 3.16. The van der Waals surface area contributed by atoms with Crippen molar-refractivity contribution in [3.8, 4) is 5.75 Å². The van der Waals surface area contributed by atoms with E-state index < -0.39 is 0 Å². The molecule has 3 heteroatoms. The molecule has 0 saturated carbocycles. The molecule has 19 heavy (non-hydrogen) atoms. The minimum Gasteiger partial charge on any atom is -0.496 e. The molecule has 0 aliphatic rings. The van der Waals surface area contributed by atoms with Crippen LogP contribution in [0.3, 0.4) is 0 Å². The quantitative estimate of drug-likeness (QED) is 0.886. The van der Waals surface area contributed by atoms with E-state index in [1.165, 1.54) is 11.1 Å². The monoisotopic (exact) mass is 319 g/mol. The number of para-hydroxylation sites is 1. The van der Waals surface area contributed by atoms with Gasteiger partial charge in [-0.3, -0.25) is 0 Å². The molecule has 0 saturated heterocycles. The van der Waals surface area contributed by atoms with Crippen molar-refractivity contribution in [2.45, 2.75) is 19.5 Å². The van der Waals surface area contributed by atoms with E-state index >= 15 is 0 Å². The van der Waals surface area contributed by atoms with E-state index in [9.17, 15) is 0 Å². The second-order valence-electron chi connectivity index (χ2n) is 4.44. The van der Waals surface area contributed by atoms with Crippen molar-refractivity contribution in [3.05, 3.63) is 64.1 Å². The first-order chi connectivity index (χ1) is 9.22. The maximum absolute atomic E-state index is 5.39. The molecule has 0 amide bonds. The van der Waals surface area contributed by atoms with E-state index in [1.54, 1.807) is 7.11 Å². The highest BCUT2D eigenvalue weighted by molar-refractivity contribution is 9.10. The first-order valence-corrected chi connectivity index (χ1v) is 7.11. The predicted octanol–water partition coefficient (Wildman–Crippen LogP) is 4.31. The van der Waals surface area contributed by atoms with Crippen molar-refractivity contribution in [2.75, 3.05) is 7.11 Å². The molecule has 1 N–H and O–H groups in total. The fraction of sp³-hybridized carbons (Fsp3) is 0.250. The minimum atomic E-state index is 0.239. The molecule has 2 rings (SSSR count). The highest BCUT2D eigenvalue weighted by Crippen LogP contribution is 2.25. The molecular weight excluding hydrogens is 302 g/mol. The van der Waals surface area contributed by atoms with E-state index in [0.717, 1.165) is 16.8 Å². The standard InChI is InChI=1S/C16H18BrNO/c1-12(14-8-4-6-10-16(14)19-2)18-11-13-7-3-5-9-15(13)17/h3-10,12,18H,11H2,1-2H3/t12-/m1/s1. The zero-order valence-corrected chi connectivity index (χ0v) is 12.8. The normalized spacial score (nSPS) is 12.2. The number of rotatable bonds is 5. The van der Waals surface area contributed by atoms with Gasteiger partial charge >= 0.3 is 0 Å². The van der Waals surface area contributed by atoms with Crippen molar-refractivity contribution in [3.63, 3.8) is 0 Å². The topological polar surface area (TPSA) is 21.3 Å². The summed E-state index contributed by atoms with van der Waals surface area (Å²) in [5, 5.41) is 3.52. The van der Waals surface area contributed by atoms with Crippen molar-refractivity contribution >= 4 is 15.9 Å². The maximum atomic E-state index is 5.39. The third-order valence-corrected chi connectivity index (χ3v) is 3.94. The van der Waals surface area contributed by atoms with Gasteiger partial charge in [-0.05, 0) is 24.6 Å². The first-order valence-electron chi connectivity index (χ1n) is 6.32. The fourth-order valence-corrected chi connectivity index (χ4v) is 2.46. The zero-order valence-electron chi connectivity index (χ0n) is 11.2. The second-order valence-corrected chi connectivity index (χ2v) is 5.29. The lowest BCUT2D eigenvalue weighted by atomic mass is 10.1. The molecule has 0 aliphatic carbocycles. The molecule has 0 unspecified atom stereocenters. The number of benzene rings is 2. The summed E-state index contributed by atoms with van der Waals surface area (Å²) in [5.41, 5.74) is 2.43. The molecule has 0 spiro atoms. The van der Waals surface area contributed by atoms with Crippen LogP contribution >= 0.6 is 15.9 Å². The van der Waals surface area contributed by atoms with Crippen LogP contribution in [0.1, 0.15) is 24.1 Å². The van der Waals surface area contributed by atoms with Crippen LogP contribution in [0.25, 0.3) is 0 Å². The van der Waals surface area contributed by atoms with Gasteiger partial charge in [0.15, 0.2) is 0 Å². The lowest BCUT2D eigenvalue weighted by Gasteiger charge is -2.17. The SMILES string of the molecule is COc1ccccc1[C@@H](C)NCc1ccccc1Br. The molecule has 0 bridgehead atoms. The summed E-state index contributed by atoms with van der Waals surface area (Å²) in [5.74, 6) is 0.926. The van der Waals surface area contributed by atoms with Crippen LogP contribution < -0.4 is 10.1 Å². The van der Waals surface area contributed by atoms with Crippen molar-refractivity contribution in [1.29, 1.82) is 0 Å². The molecule has 2 aromatic rings. The molecule has 1 atom stereocenters. The molecule has 0 aromatic heterocycles. The van der Waals surface area contributed by atoms with Crippen LogP contribution in [0.4, 0.5) is 0 Å². The summed E-state index contributed by atoms with van der Waals surface area (Å²) < 4.78 is 6.53. The first kappa shape index (κ1) is 14.1. The molecule has 2 aromatic carbocycles. The molecule has 0 aliphatic heterocycles. The Kier molecular flexibility index (Phi) is 5.00. The second kappa shape index (κ2) is 6.73. The van der Waals surface area contributed by atoms with E-state index in [0.29, 0.717) is 0 Å². The molecule has 0 fully saturated rings. The Morgan fingerprint density at radius 1 is 1.11 bits per heavy atom. The Bertz CT molecular complexity index is 542. The average molecular weight is 320 g/mol. The van der Waals surface area contributed by atoms with Crippen LogP contribution in [0, 0.1) is 0 Å². The number of ether oxygens (including phenoxy) is 1. The van der Waals surface area contributed by atoms with E-state index in [4.69, 9.17) is 4.74 Å². The lowest BCUT2D eigenvalue weighted by Crippen LogP contribution is -2.18. The van der Waals surface area contributed by atoms with Gasteiger partial charge in [0.1, 0.15) is 5.75 Å². The van der Waals surface area contributed by atoms with Crippen LogP contribution in [-0.2, 0) is 6.54 Å². The van der Waals surface area contributed by atoms with Crippen molar-refractivity contribution < 1.29 is 4.74 Å². The Labute approximate surface area is 122 Å². The Morgan fingerprint density at radius 3 is 2.53 bits per heavy atom. The van der Waals surface area contributed by atoms with Gasteiger partial charge in [0.05, 0.1) is 7.11 Å².